The first-order valence-electron chi connectivity index (χ1n) is 2.99. The summed E-state index contributed by atoms with van der Waals surface area (Å²) < 4.78 is 0.611. The van der Waals surface area contributed by atoms with Crippen molar-refractivity contribution >= 4 is 35.4 Å². The highest BCUT2D eigenvalue weighted by molar-refractivity contribution is 8.01. The molecule has 0 unspecified atom stereocenters. The Morgan fingerprint density at radius 1 is 1.83 bits per heavy atom. The van der Waals surface area contributed by atoms with Gasteiger partial charge in [-0.05, 0) is 0 Å². The van der Waals surface area contributed by atoms with E-state index in [9.17, 15) is 9.59 Å². The number of carboxylic acid groups (broad SMARTS) is 1. The lowest BCUT2D eigenvalue weighted by Gasteiger charge is -1.86. The lowest BCUT2D eigenvalue weighted by atomic mass is 10.5. The lowest BCUT2D eigenvalue weighted by Crippen LogP contribution is -1.95. The van der Waals surface area contributed by atoms with Crippen LogP contribution in [0.25, 0.3) is 0 Å². The molecule has 0 saturated carbocycles. The lowest BCUT2D eigenvalue weighted by molar-refractivity contribution is -0.105. The summed E-state index contributed by atoms with van der Waals surface area (Å²) in [5.74, 6) is -0.726. The maximum atomic E-state index is 10.4. The maximum absolute atomic E-state index is 10.4. The third-order valence-electron chi connectivity index (χ3n) is 0.977. The average molecular weight is 203 g/mol. The van der Waals surface area contributed by atoms with E-state index in [1.54, 1.807) is 0 Å². The van der Waals surface area contributed by atoms with Crippen molar-refractivity contribution in [1.29, 1.82) is 0 Å². The van der Waals surface area contributed by atoms with Gasteiger partial charge >= 0.3 is 5.97 Å². The van der Waals surface area contributed by atoms with Crippen molar-refractivity contribution in [2.24, 2.45) is 0 Å². The number of thioether (sulfide) groups is 1. The van der Waals surface area contributed by atoms with Gasteiger partial charge in [0.15, 0.2) is 10.0 Å². The Morgan fingerprint density at radius 3 is 3.08 bits per heavy atom. The van der Waals surface area contributed by atoms with E-state index in [0.717, 1.165) is 6.29 Å². The first-order chi connectivity index (χ1) is 5.74. The molecular weight excluding hydrogens is 198 g/mol. The number of rotatable bonds is 4. The molecule has 6 heteroatoms. The molecule has 1 aromatic heterocycles. The van der Waals surface area contributed by atoms with Crippen LogP contribution in [-0.2, 0) is 4.79 Å². The van der Waals surface area contributed by atoms with E-state index in [1.165, 1.54) is 28.5 Å². The van der Waals surface area contributed by atoms with Crippen LogP contribution in [0.15, 0.2) is 9.72 Å². The van der Waals surface area contributed by atoms with Gasteiger partial charge in [-0.15, -0.1) is 11.3 Å². The Labute approximate surface area is 76.6 Å². The normalized spacial score (nSPS) is 9.67. The van der Waals surface area contributed by atoms with Crippen LogP contribution in [0.2, 0.25) is 0 Å². The van der Waals surface area contributed by atoms with Crippen LogP contribution in [0.4, 0.5) is 0 Å². The standard InChI is InChI=1S/C6H5NO3S2/c8-1-2-11-6-7-4(3-12-6)5(9)10/h1,3H,2H2,(H,9,10). The van der Waals surface area contributed by atoms with E-state index >= 15 is 0 Å². The van der Waals surface area contributed by atoms with Crippen molar-refractivity contribution in [2.75, 3.05) is 5.75 Å². The number of hydrogen-bond acceptors (Lipinski definition) is 5. The van der Waals surface area contributed by atoms with E-state index in [2.05, 4.69) is 4.98 Å². The summed E-state index contributed by atoms with van der Waals surface area (Å²) in [5, 5.41) is 9.94. The highest BCUT2D eigenvalue weighted by atomic mass is 32.2. The van der Waals surface area contributed by atoms with Gasteiger partial charge in [-0.2, -0.15) is 0 Å². The molecule has 1 aromatic rings. The molecule has 0 radical (unpaired) electrons. The van der Waals surface area contributed by atoms with Gasteiger partial charge in [0.25, 0.3) is 0 Å². The van der Waals surface area contributed by atoms with E-state index in [4.69, 9.17) is 5.11 Å². The molecule has 0 fully saturated rings. The topological polar surface area (TPSA) is 67.3 Å². The van der Waals surface area contributed by atoms with Gasteiger partial charge < -0.3 is 9.90 Å². The average Bonchev–Trinajstić information content (AvgIpc) is 2.48. The van der Waals surface area contributed by atoms with Gasteiger partial charge in [0.2, 0.25) is 0 Å². The van der Waals surface area contributed by atoms with E-state index in [-0.39, 0.29) is 5.69 Å². The number of carboxylic acids is 1. The molecule has 0 aliphatic rings. The Kier molecular flexibility index (Phi) is 3.24. The Hall–Kier alpha value is -0.880. The molecule has 0 aliphatic heterocycles. The first-order valence-corrected chi connectivity index (χ1v) is 4.86. The number of aromatic nitrogens is 1. The van der Waals surface area contributed by atoms with Gasteiger partial charge in [-0.3, -0.25) is 0 Å². The molecule has 4 nitrogen and oxygen atoms in total. The highest BCUT2D eigenvalue weighted by Gasteiger charge is 2.07. The monoisotopic (exact) mass is 203 g/mol. The second kappa shape index (κ2) is 4.22. The molecule has 1 N–H and O–H groups in total. The van der Waals surface area contributed by atoms with Crippen molar-refractivity contribution in [3.63, 3.8) is 0 Å². The van der Waals surface area contributed by atoms with Crippen LogP contribution in [0, 0.1) is 0 Å². The molecule has 0 atom stereocenters. The van der Waals surface area contributed by atoms with Crippen LogP contribution < -0.4 is 0 Å². The zero-order valence-electron chi connectivity index (χ0n) is 5.89. The fourth-order valence-corrected chi connectivity index (χ4v) is 2.04. The van der Waals surface area contributed by atoms with Gasteiger partial charge in [-0.25, -0.2) is 9.78 Å². The van der Waals surface area contributed by atoms with Crippen LogP contribution in [0.3, 0.4) is 0 Å². The first kappa shape index (κ1) is 9.21. The Bertz CT molecular complexity index is 297. The number of nitrogens with zero attached hydrogens (tertiary/aromatic N) is 1. The second-order valence-corrected chi connectivity index (χ2v) is 3.91. The minimum absolute atomic E-state index is 0.0356. The van der Waals surface area contributed by atoms with Crippen LogP contribution in [0.5, 0.6) is 0 Å². The number of carbonyl (C=O) groups is 2. The largest absolute Gasteiger partial charge is 0.476 e. The molecular formula is C6H5NO3S2. The minimum Gasteiger partial charge on any atom is -0.476 e. The zero-order valence-corrected chi connectivity index (χ0v) is 7.52. The number of aromatic carboxylic acids is 1. The van der Waals surface area contributed by atoms with Crippen molar-refractivity contribution in [2.45, 2.75) is 4.34 Å². The van der Waals surface area contributed by atoms with Crippen molar-refractivity contribution < 1.29 is 14.7 Å². The minimum atomic E-state index is -1.04. The van der Waals surface area contributed by atoms with Crippen LogP contribution in [-0.4, -0.2) is 28.1 Å². The van der Waals surface area contributed by atoms with E-state index < -0.39 is 5.97 Å². The summed E-state index contributed by atoms with van der Waals surface area (Å²) in [4.78, 5) is 24.1. The number of carbonyl (C=O) groups excluding carboxylic acids is 1. The van der Waals surface area contributed by atoms with E-state index in [1.807, 2.05) is 0 Å². The highest BCUT2D eigenvalue weighted by Crippen LogP contribution is 2.21. The summed E-state index contributed by atoms with van der Waals surface area (Å²) in [6.45, 7) is 0. The van der Waals surface area contributed by atoms with Gasteiger partial charge in [0.1, 0.15) is 6.29 Å². The van der Waals surface area contributed by atoms with Gasteiger partial charge in [-0.1, -0.05) is 11.8 Å². The number of thiazole rings is 1. The smallest absolute Gasteiger partial charge is 0.355 e. The quantitative estimate of drug-likeness (QED) is 0.587. The Balaban J connectivity index is 2.64. The fraction of sp³-hybridized carbons (Fsp3) is 0.167. The summed E-state index contributed by atoms with van der Waals surface area (Å²) >= 11 is 2.46. The molecule has 0 saturated heterocycles. The molecule has 0 aromatic carbocycles. The Morgan fingerprint density at radius 2 is 2.58 bits per heavy atom. The molecule has 12 heavy (non-hydrogen) atoms. The molecule has 0 spiro atoms. The molecule has 0 aliphatic carbocycles. The van der Waals surface area contributed by atoms with Crippen molar-refractivity contribution in [3.05, 3.63) is 11.1 Å². The summed E-state index contributed by atoms with van der Waals surface area (Å²) in [6, 6.07) is 0. The van der Waals surface area contributed by atoms with Gasteiger partial charge in [0.05, 0.1) is 5.75 Å². The number of hydrogen-bond donors (Lipinski definition) is 1. The summed E-state index contributed by atoms with van der Waals surface area (Å²) in [5.41, 5.74) is 0.0356. The predicted octanol–water partition coefficient (Wildman–Crippen LogP) is 1.13. The van der Waals surface area contributed by atoms with Crippen LogP contribution in [0.1, 0.15) is 10.5 Å². The second-order valence-electron chi connectivity index (χ2n) is 1.78. The molecule has 64 valence electrons. The summed E-state index contributed by atoms with van der Waals surface area (Å²) in [7, 11) is 0. The molecule has 1 heterocycles. The predicted molar refractivity (Wildman–Crippen MR) is 45.9 cm³/mol. The SMILES string of the molecule is O=CCSc1nc(C(=O)O)cs1. The van der Waals surface area contributed by atoms with Crippen LogP contribution >= 0.6 is 23.1 Å². The van der Waals surface area contributed by atoms with Crippen molar-refractivity contribution in [1.82, 2.24) is 4.98 Å². The maximum Gasteiger partial charge on any atom is 0.355 e. The fourth-order valence-electron chi connectivity index (χ4n) is 0.527. The summed E-state index contributed by atoms with van der Waals surface area (Å²) in [6.07, 6.45) is 0.756. The third-order valence-corrected chi connectivity index (χ3v) is 2.89. The van der Waals surface area contributed by atoms with E-state index in [0.29, 0.717) is 10.1 Å². The number of aldehydes is 1. The third kappa shape index (κ3) is 2.31. The van der Waals surface area contributed by atoms with Gasteiger partial charge in [0, 0.05) is 5.38 Å². The molecule has 0 bridgehead atoms. The molecule has 1 rings (SSSR count). The zero-order chi connectivity index (χ0) is 8.97. The molecule has 0 amide bonds. The van der Waals surface area contributed by atoms with Crippen molar-refractivity contribution in [3.8, 4) is 0 Å².